The summed E-state index contributed by atoms with van der Waals surface area (Å²) in [5, 5.41) is 21.6. The Labute approximate surface area is 455 Å². The molecule has 0 atom stereocenters. The van der Waals surface area contributed by atoms with Crippen molar-refractivity contribution in [2.75, 3.05) is 6.67 Å². The molecule has 0 spiro atoms. The predicted octanol–water partition coefficient (Wildman–Crippen LogP) is 20.0. The molecule has 1 heterocycles. The van der Waals surface area contributed by atoms with E-state index in [1.54, 1.807) is 0 Å². The van der Waals surface area contributed by atoms with Gasteiger partial charge in [0.2, 0.25) is 0 Å². The topological polar surface area (TPSA) is 24.1 Å². The first-order chi connectivity index (χ1) is 38.3. The van der Waals surface area contributed by atoms with Gasteiger partial charge in [-0.3, -0.25) is 0 Å². The van der Waals surface area contributed by atoms with Crippen molar-refractivity contribution in [1.82, 2.24) is 10.6 Å². The molecule has 0 radical (unpaired) electrons. The van der Waals surface area contributed by atoms with Crippen LogP contribution in [-0.4, -0.2) is 6.67 Å². The molecular weight excluding hydrogens is 929 g/mol. The standard InChI is InChI=1S/6C10H8.2C6H6.C3H6N2/c6*1-2-6-10-8-4-3-7-9(10)5-1;2*1-2-4-6-5-3-1;1-2-5-3-4-1/h6*1-8H;2*1-6H;1-2,4-5H,3H2. The molecule has 2 nitrogen and oxygen atoms in total. The number of hydrogen-bond donors (Lipinski definition) is 2. The van der Waals surface area contributed by atoms with Crippen LogP contribution in [0.4, 0.5) is 0 Å². The maximum Gasteiger partial charge on any atom is 0.0840 e. The van der Waals surface area contributed by atoms with Crippen LogP contribution in [-0.2, 0) is 0 Å². The average Bonchev–Trinajstić information content (AvgIpc) is 4.15. The van der Waals surface area contributed by atoms with Gasteiger partial charge in [-0.1, -0.05) is 364 Å². The molecule has 14 aromatic rings. The zero-order valence-corrected chi connectivity index (χ0v) is 43.5. The molecule has 77 heavy (non-hydrogen) atoms. The van der Waals surface area contributed by atoms with E-state index in [4.69, 9.17) is 0 Å². The lowest BCUT2D eigenvalue weighted by Gasteiger charge is -1.92. The van der Waals surface area contributed by atoms with E-state index in [0.717, 1.165) is 6.67 Å². The largest absolute Gasteiger partial charge is 0.373 e. The molecule has 0 unspecified atom stereocenters. The first-order valence-corrected chi connectivity index (χ1v) is 26.0. The molecule has 14 aromatic carbocycles. The van der Waals surface area contributed by atoms with Gasteiger partial charge in [0.25, 0.3) is 0 Å². The molecule has 2 heteroatoms. The Kier molecular flexibility index (Phi) is 23.9. The summed E-state index contributed by atoms with van der Waals surface area (Å²) in [6, 6.07) is 124. The second-order valence-corrected chi connectivity index (χ2v) is 17.3. The summed E-state index contributed by atoms with van der Waals surface area (Å²) in [5.74, 6) is 0. The zero-order valence-electron chi connectivity index (χ0n) is 43.5. The van der Waals surface area contributed by atoms with Crippen LogP contribution in [0.5, 0.6) is 0 Å². The molecule has 0 bridgehead atoms. The molecule has 0 saturated carbocycles. The maximum atomic E-state index is 2.93. The van der Waals surface area contributed by atoms with E-state index in [2.05, 4.69) is 302 Å². The van der Waals surface area contributed by atoms with Crippen LogP contribution in [0.25, 0.3) is 64.6 Å². The lowest BCUT2D eigenvalue weighted by atomic mass is 10.1. The highest BCUT2D eigenvalue weighted by atomic mass is 15.1. The lowest BCUT2D eigenvalue weighted by Crippen LogP contribution is -2.10. The third-order valence-corrected chi connectivity index (χ3v) is 11.8. The minimum Gasteiger partial charge on any atom is -0.373 e. The van der Waals surface area contributed by atoms with Gasteiger partial charge in [-0.2, -0.15) is 0 Å². The third kappa shape index (κ3) is 20.4. The van der Waals surface area contributed by atoms with Gasteiger partial charge in [0.15, 0.2) is 0 Å². The fourth-order valence-corrected chi connectivity index (χ4v) is 7.86. The molecule has 15 rings (SSSR count). The van der Waals surface area contributed by atoms with Crippen molar-refractivity contribution in [2.24, 2.45) is 0 Å². The second-order valence-electron chi connectivity index (χ2n) is 17.3. The van der Waals surface area contributed by atoms with E-state index in [0.29, 0.717) is 0 Å². The molecule has 1 aliphatic rings. The Balaban J connectivity index is 0.000000127. The second kappa shape index (κ2) is 33.7. The van der Waals surface area contributed by atoms with Crippen molar-refractivity contribution in [2.45, 2.75) is 0 Å². The van der Waals surface area contributed by atoms with Gasteiger partial charge in [0.05, 0.1) is 6.67 Å². The summed E-state index contributed by atoms with van der Waals surface area (Å²) in [7, 11) is 0. The summed E-state index contributed by atoms with van der Waals surface area (Å²) >= 11 is 0. The summed E-state index contributed by atoms with van der Waals surface area (Å²) in [6.07, 6.45) is 3.75. The molecule has 2 N–H and O–H groups in total. The molecule has 0 amide bonds. The summed E-state index contributed by atoms with van der Waals surface area (Å²) in [5.41, 5.74) is 0. The fourth-order valence-electron chi connectivity index (χ4n) is 7.86. The Bertz CT molecular complexity index is 2780. The van der Waals surface area contributed by atoms with Gasteiger partial charge in [0.1, 0.15) is 0 Å². The van der Waals surface area contributed by atoms with Crippen molar-refractivity contribution >= 4 is 64.6 Å². The van der Waals surface area contributed by atoms with Gasteiger partial charge >= 0.3 is 0 Å². The molecule has 0 aliphatic carbocycles. The van der Waals surface area contributed by atoms with Gasteiger partial charge in [0, 0.05) is 12.4 Å². The molecule has 0 aromatic heterocycles. The van der Waals surface area contributed by atoms with Crippen molar-refractivity contribution in [3.63, 3.8) is 0 Å². The summed E-state index contributed by atoms with van der Waals surface area (Å²) in [4.78, 5) is 0. The van der Waals surface area contributed by atoms with Gasteiger partial charge in [-0.05, 0) is 64.6 Å². The lowest BCUT2D eigenvalue weighted by molar-refractivity contribution is 0.836. The number of fused-ring (bicyclic) bond motifs is 6. The number of hydrogen-bond acceptors (Lipinski definition) is 2. The molecule has 376 valence electrons. The normalized spacial score (nSPS) is 10.2. The van der Waals surface area contributed by atoms with Crippen LogP contribution in [0.3, 0.4) is 0 Å². The highest BCUT2D eigenvalue weighted by molar-refractivity contribution is 5.85. The highest BCUT2D eigenvalue weighted by Gasteiger charge is 1.90. The molecule has 1 aliphatic heterocycles. The van der Waals surface area contributed by atoms with Crippen molar-refractivity contribution in [3.8, 4) is 0 Å². The Morgan fingerprint density at radius 1 is 0.130 bits per heavy atom. The summed E-state index contributed by atoms with van der Waals surface area (Å²) in [6.45, 7) is 0.889. The van der Waals surface area contributed by atoms with Crippen LogP contribution in [0.1, 0.15) is 0 Å². The van der Waals surface area contributed by atoms with E-state index in [1.165, 1.54) is 64.6 Å². The fraction of sp³-hybridized carbons (Fsp3) is 0.0133. The molecule has 0 saturated heterocycles. The number of benzene rings is 14. The zero-order chi connectivity index (χ0) is 52.9. The Hall–Kier alpha value is -10.0. The minimum absolute atomic E-state index is 0.889. The van der Waals surface area contributed by atoms with Crippen LogP contribution in [0, 0.1) is 0 Å². The van der Waals surface area contributed by atoms with Gasteiger partial charge < -0.3 is 10.6 Å². The van der Waals surface area contributed by atoms with Crippen LogP contribution in [0.2, 0.25) is 0 Å². The molecular formula is C75H66N2. The monoisotopic (exact) mass is 995 g/mol. The van der Waals surface area contributed by atoms with Crippen molar-refractivity contribution in [1.29, 1.82) is 0 Å². The summed E-state index contributed by atoms with van der Waals surface area (Å²) < 4.78 is 0. The third-order valence-electron chi connectivity index (χ3n) is 11.8. The van der Waals surface area contributed by atoms with Crippen LogP contribution in [0.15, 0.2) is 376 Å². The first kappa shape index (κ1) is 54.7. The highest BCUT2D eigenvalue weighted by Crippen LogP contribution is 2.15. The van der Waals surface area contributed by atoms with Gasteiger partial charge in [-0.15, -0.1) is 0 Å². The van der Waals surface area contributed by atoms with Gasteiger partial charge in [-0.25, -0.2) is 0 Å². The Morgan fingerprint density at radius 3 is 0.286 bits per heavy atom. The molecule has 0 fully saturated rings. The van der Waals surface area contributed by atoms with E-state index < -0.39 is 0 Å². The van der Waals surface area contributed by atoms with Crippen LogP contribution >= 0.6 is 0 Å². The smallest absolute Gasteiger partial charge is 0.0840 e. The van der Waals surface area contributed by atoms with E-state index in [1.807, 2.05) is 85.2 Å². The van der Waals surface area contributed by atoms with E-state index >= 15 is 0 Å². The SMILES string of the molecule is C1=CNCN1.c1ccc2ccccc2c1.c1ccc2ccccc2c1.c1ccc2ccccc2c1.c1ccc2ccccc2c1.c1ccc2ccccc2c1.c1ccc2ccccc2c1.c1ccccc1.c1ccccc1. The minimum atomic E-state index is 0.889. The maximum absolute atomic E-state index is 2.93. The van der Waals surface area contributed by atoms with E-state index in [9.17, 15) is 0 Å². The first-order valence-electron chi connectivity index (χ1n) is 26.0. The predicted molar refractivity (Wildman–Crippen MR) is 337 cm³/mol. The quantitative estimate of drug-likeness (QED) is 0.158. The number of rotatable bonds is 0. The van der Waals surface area contributed by atoms with Crippen LogP contribution < -0.4 is 10.6 Å². The van der Waals surface area contributed by atoms with E-state index in [-0.39, 0.29) is 0 Å². The van der Waals surface area contributed by atoms with Crippen molar-refractivity contribution in [3.05, 3.63) is 376 Å². The average molecular weight is 995 g/mol. The number of nitrogens with one attached hydrogen (secondary N) is 2. The van der Waals surface area contributed by atoms with Crippen molar-refractivity contribution < 1.29 is 0 Å². The Morgan fingerprint density at radius 2 is 0.221 bits per heavy atom.